The lowest BCUT2D eigenvalue weighted by atomic mass is 10.3. The Kier molecular flexibility index (Phi) is 8.09. The van der Waals surface area contributed by atoms with Crippen LogP contribution in [0.15, 0.2) is 12.7 Å². The molecule has 0 aliphatic carbocycles. The molecule has 0 spiro atoms. The van der Waals surface area contributed by atoms with Crippen LogP contribution in [-0.4, -0.2) is 64.0 Å². The zero-order chi connectivity index (χ0) is 18.2. The van der Waals surface area contributed by atoms with Gasteiger partial charge in [0, 0.05) is 33.9 Å². The summed E-state index contributed by atoms with van der Waals surface area (Å²) in [5, 5.41) is 0. The maximum Gasteiger partial charge on any atom is 0.705 e. The molecule has 1 saturated heterocycles. The van der Waals surface area contributed by atoms with Gasteiger partial charge in [0.1, 0.15) is 0 Å². The van der Waals surface area contributed by atoms with E-state index >= 15 is 0 Å². The van der Waals surface area contributed by atoms with E-state index in [0.29, 0.717) is 19.5 Å². The van der Waals surface area contributed by atoms with Gasteiger partial charge in [0.2, 0.25) is 0 Å². The molecule has 0 aromatic heterocycles. The molecule has 0 saturated carbocycles. The van der Waals surface area contributed by atoms with Crippen LogP contribution in [0.1, 0.15) is 27.2 Å². The smallest absolute Gasteiger partial charge is 0.455 e. The van der Waals surface area contributed by atoms with Crippen LogP contribution in [0, 0.1) is 0 Å². The van der Waals surface area contributed by atoms with Crippen LogP contribution >= 0.6 is 0 Å². The predicted octanol–water partition coefficient (Wildman–Crippen LogP) is 0.891. The van der Waals surface area contributed by atoms with E-state index in [-0.39, 0.29) is 12.1 Å². The fourth-order valence-electron chi connectivity index (χ4n) is 2.29. The molecule has 136 valence electrons. The van der Waals surface area contributed by atoms with Gasteiger partial charge in [0.05, 0.1) is 18.8 Å². The number of ether oxygens (including phenoxy) is 1. The molecule has 8 nitrogen and oxygen atoms in total. The maximum absolute atomic E-state index is 11.4. The molecule has 1 aliphatic rings. The van der Waals surface area contributed by atoms with Crippen LogP contribution in [0.25, 0.3) is 0 Å². The standard InChI is InChI=1S/C15H25NO7Si/c1-5-7-16(10-15-11-20-15)8-6-9-24(21-12(2)17,22-13(3)18)23-14(4)19/h5,15H,1,6-11H2,2-4H3. The zero-order valence-electron chi connectivity index (χ0n) is 14.4. The van der Waals surface area contributed by atoms with Crippen molar-refractivity contribution in [2.45, 2.75) is 39.3 Å². The summed E-state index contributed by atoms with van der Waals surface area (Å²) < 4.78 is 20.7. The quantitative estimate of drug-likeness (QED) is 0.305. The van der Waals surface area contributed by atoms with E-state index in [1.165, 1.54) is 20.8 Å². The summed E-state index contributed by atoms with van der Waals surface area (Å²) in [7, 11) is -3.73. The van der Waals surface area contributed by atoms with Crippen molar-refractivity contribution in [3.8, 4) is 0 Å². The number of carbonyl (C=O) groups is 3. The first-order valence-electron chi connectivity index (χ1n) is 7.80. The van der Waals surface area contributed by atoms with Crippen molar-refractivity contribution in [2.24, 2.45) is 0 Å². The lowest BCUT2D eigenvalue weighted by Gasteiger charge is -2.27. The second kappa shape index (κ2) is 9.55. The first-order valence-corrected chi connectivity index (χ1v) is 9.73. The van der Waals surface area contributed by atoms with Crippen molar-refractivity contribution in [3.05, 3.63) is 12.7 Å². The SMILES string of the molecule is C=CCN(CCC[Si](OC(C)=O)(OC(C)=O)OC(C)=O)CC1CO1. The van der Waals surface area contributed by atoms with Crippen LogP contribution in [0.4, 0.5) is 0 Å². The van der Waals surface area contributed by atoms with E-state index < -0.39 is 26.7 Å². The molecule has 0 N–H and O–H groups in total. The lowest BCUT2D eigenvalue weighted by molar-refractivity contribution is -0.147. The second-order valence-corrected chi connectivity index (χ2v) is 8.05. The van der Waals surface area contributed by atoms with Gasteiger partial charge in [-0.1, -0.05) is 6.08 Å². The van der Waals surface area contributed by atoms with E-state index in [2.05, 4.69) is 11.5 Å². The second-order valence-electron chi connectivity index (χ2n) is 5.57. The highest BCUT2D eigenvalue weighted by atomic mass is 28.4. The highest BCUT2D eigenvalue weighted by molar-refractivity contribution is 6.65. The summed E-state index contributed by atoms with van der Waals surface area (Å²) in [6.07, 6.45) is 2.56. The Hall–Kier alpha value is -1.71. The zero-order valence-corrected chi connectivity index (χ0v) is 15.4. The molecular formula is C15H25NO7Si. The highest BCUT2D eigenvalue weighted by Crippen LogP contribution is 2.20. The fraction of sp³-hybridized carbons (Fsp3) is 0.667. The van der Waals surface area contributed by atoms with Crippen molar-refractivity contribution in [1.82, 2.24) is 4.90 Å². The monoisotopic (exact) mass is 359 g/mol. The third-order valence-electron chi connectivity index (χ3n) is 3.11. The molecule has 1 aliphatic heterocycles. The Balaban J connectivity index is 2.69. The van der Waals surface area contributed by atoms with E-state index in [4.69, 9.17) is 18.0 Å². The van der Waals surface area contributed by atoms with Crippen molar-refractivity contribution in [3.63, 3.8) is 0 Å². The topological polar surface area (TPSA) is 94.7 Å². The van der Waals surface area contributed by atoms with Crippen molar-refractivity contribution >= 4 is 26.7 Å². The summed E-state index contributed by atoms with van der Waals surface area (Å²) in [6, 6.07) is 0.172. The molecule has 0 bridgehead atoms. The summed E-state index contributed by atoms with van der Waals surface area (Å²) >= 11 is 0. The van der Waals surface area contributed by atoms with Gasteiger partial charge in [-0.15, -0.1) is 6.58 Å². The van der Waals surface area contributed by atoms with Crippen LogP contribution in [0.3, 0.4) is 0 Å². The summed E-state index contributed by atoms with van der Waals surface area (Å²) in [4.78, 5) is 36.2. The van der Waals surface area contributed by atoms with Gasteiger partial charge in [-0.25, -0.2) is 0 Å². The number of nitrogens with zero attached hydrogens (tertiary/aromatic N) is 1. The molecule has 1 heterocycles. The minimum absolute atomic E-state index is 0.172. The average molecular weight is 359 g/mol. The van der Waals surface area contributed by atoms with Gasteiger partial charge in [-0.2, -0.15) is 0 Å². The van der Waals surface area contributed by atoms with Gasteiger partial charge in [-0.05, 0) is 13.0 Å². The fourth-order valence-corrected chi connectivity index (χ4v) is 4.63. The third kappa shape index (κ3) is 8.23. The Bertz CT molecular complexity index is 438. The maximum atomic E-state index is 11.4. The Morgan fingerprint density at radius 2 is 1.67 bits per heavy atom. The molecule has 1 rings (SSSR count). The van der Waals surface area contributed by atoms with Crippen molar-refractivity contribution in [1.29, 1.82) is 0 Å². The van der Waals surface area contributed by atoms with E-state index in [1.54, 1.807) is 6.08 Å². The van der Waals surface area contributed by atoms with Crippen LogP contribution < -0.4 is 0 Å². The van der Waals surface area contributed by atoms with Gasteiger partial charge in [0.15, 0.2) is 0 Å². The minimum atomic E-state index is -3.73. The normalized spacial score (nSPS) is 16.4. The molecule has 0 radical (unpaired) electrons. The van der Waals surface area contributed by atoms with Crippen molar-refractivity contribution < 1.29 is 32.4 Å². The highest BCUT2D eigenvalue weighted by Gasteiger charge is 2.51. The van der Waals surface area contributed by atoms with Gasteiger partial charge in [-0.3, -0.25) is 19.3 Å². The average Bonchev–Trinajstić information content (AvgIpc) is 3.20. The Morgan fingerprint density at radius 3 is 2.04 bits per heavy atom. The van der Waals surface area contributed by atoms with Gasteiger partial charge >= 0.3 is 8.80 Å². The molecule has 0 aromatic carbocycles. The van der Waals surface area contributed by atoms with Gasteiger partial charge in [0.25, 0.3) is 17.9 Å². The summed E-state index contributed by atoms with van der Waals surface area (Å²) in [6.45, 7) is 10.1. The molecule has 0 amide bonds. The molecule has 0 aromatic rings. The molecule has 1 unspecified atom stereocenters. The molecule has 24 heavy (non-hydrogen) atoms. The first-order chi connectivity index (χ1) is 11.3. The van der Waals surface area contributed by atoms with Crippen molar-refractivity contribution in [2.75, 3.05) is 26.2 Å². The molecule has 1 fully saturated rings. The Morgan fingerprint density at radius 1 is 1.17 bits per heavy atom. The van der Waals surface area contributed by atoms with E-state index in [9.17, 15) is 14.4 Å². The minimum Gasteiger partial charge on any atom is -0.455 e. The van der Waals surface area contributed by atoms with E-state index in [0.717, 1.165) is 13.2 Å². The number of rotatable bonds is 11. The number of hydrogen-bond donors (Lipinski definition) is 0. The van der Waals surface area contributed by atoms with Crippen LogP contribution in [0.2, 0.25) is 6.04 Å². The first kappa shape index (κ1) is 20.3. The summed E-state index contributed by atoms with van der Waals surface area (Å²) in [5.74, 6) is -1.96. The predicted molar refractivity (Wildman–Crippen MR) is 86.9 cm³/mol. The van der Waals surface area contributed by atoms with Gasteiger partial charge < -0.3 is 18.0 Å². The number of epoxide rings is 1. The number of carbonyl (C=O) groups excluding carboxylic acids is 3. The molecule has 1 atom stereocenters. The number of hydrogen-bond acceptors (Lipinski definition) is 8. The van der Waals surface area contributed by atoms with E-state index in [1.807, 2.05) is 0 Å². The summed E-state index contributed by atoms with van der Waals surface area (Å²) in [5.41, 5.74) is 0. The van der Waals surface area contributed by atoms with Crippen LogP contribution in [0.5, 0.6) is 0 Å². The lowest BCUT2D eigenvalue weighted by Crippen LogP contribution is -2.49. The third-order valence-corrected chi connectivity index (χ3v) is 5.87. The van der Waals surface area contributed by atoms with Crippen LogP contribution in [-0.2, 0) is 32.4 Å². The molecular weight excluding hydrogens is 334 g/mol. The molecule has 9 heteroatoms. The Labute approximate surface area is 143 Å². The largest absolute Gasteiger partial charge is 0.705 e.